The maximum Gasteiger partial charge on any atom is 0.226 e. The van der Waals surface area contributed by atoms with Gasteiger partial charge in [0.15, 0.2) is 0 Å². The van der Waals surface area contributed by atoms with E-state index in [2.05, 4.69) is 18.7 Å². The molecule has 1 aliphatic heterocycles. The molecular weight excluding hydrogens is 214 g/mol. The molecule has 0 unspecified atom stereocenters. The highest BCUT2D eigenvalue weighted by molar-refractivity contribution is 5.79. The Bertz CT molecular complexity index is 267. The van der Waals surface area contributed by atoms with Crippen LogP contribution in [-0.4, -0.2) is 36.1 Å². The first-order valence-corrected chi connectivity index (χ1v) is 7.00. The normalized spacial score (nSPS) is 26.6. The summed E-state index contributed by atoms with van der Waals surface area (Å²) in [7, 11) is 0. The van der Waals surface area contributed by atoms with Crippen LogP contribution in [0.3, 0.4) is 0 Å². The molecule has 1 saturated heterocycles. The lowest BCUT2D eigenvalue weighted by Gasteiger charge is -2.43. The molecule has 2 rings (SSSR count). The van der Waals surface area contributed by atoms with Gasteiger partial charge >= 0.3 is 0 Å². The highest BCUT2D eigenvalue weighted by Crippen LogP contribution is 2.28. The van der Waals surface area contributed by atoms with Gasteiger partial charge in [-0.05, 0) is 26.7 Å². The first-order valence-electron chi connectivity index (χ1n) is 7.00. The number of rotatable bonds is 1. The molecule has 17 heavy (non-hydrogen) atoms. The molecule has 0 aromatic carbocycles. The smallest absolute Gasteiger partial charge is 0.226 e. The summed E-state index contributed by atoms with van der Waals surface area (Å²) < 4.78 is 5.48. The van der Waals surface area contributed by atoms with Crippen molar-refractivity contribution in [2.45, 2.75) is 57.9 Å². The van der Waals surface area contributed by atoms with Crippen molar-refractivity contribution in [3.8, 4) is 0 Å². The van der Waals surface area contributed by atoms with Gasteiger partial charge in [0, 0.05) is 12.5 Å². The third kappa shape index (κ3) is 3.01. The number of carbonyl (C=O) groups is 1. The molecule has 0 atom stereocenters. The highest BCUT2D eigenvalue weighted by Gasteiger charge is 2.37. The molecular formula is C14H25NO2. The molecule has 0 radical (unpaired) electrons. The first-order chi connectivity index (χ1) is 8.11. The Labute approximate surface area is 105 Å². The summed E-state index contributed by atoms with van der Waals surface area (Å²) in [5, 5.41) is 0. The van der Waals surface area contributed by atoms with E-state index in [1.54, 1.807) is 0 Å². The second-order valence-corrected chi connectivity index (χ2v) is 6.04. The minimum atomic E-state index is -0.123. The van der Waals surface area contributed by atoms with E-state index in [9.17, 15) is 4.79 Å². The van der Waals surface area contributed by atoms with Crippen molar-refractivity contribution in [2.75, 3.05) is 19.8 Å². The molecule has 98 valence electrons. The van der Waals surface area contributed by atoms with Crippen LogP contribution in [-0.2, 0) is 9.53 Å². The van der Waals surface area contributed by atoms with Crippen LogP contribution in [0.2, 0.25) is 0 Å². The molecule has 1 saturated carbocycles. The van der Waals surface area contributed by atoms with Gasteiger partial charge in [0.1, 0.15) is 0 Å². The van der Waals surface area contributed by atoms with Crippen molar-refractivity contribution < 1.29 is 9.53 Å². The number of hydrogen-bond donors (Lipinski definition) is 0. The van der Waals surface area contributed by atoms with Crippen LogP contribution < -0.4 is 0 Å². The van der Waals surface area contributed by atoms with Crippen molar-refractivity contribution in [3.05, 3.63) is 0 Å². The standard InChI is InChI=1S/C14H25NO2/c1-14(2)11-17-10-9-15(14)13(16)12-7-5-3-4-6-8-12/h12H,3-11H2,1-2H3. The number of carbonyl (C=O) groups excluding carboxylic acids is 1. The number of hydrogen-bond acceptors (Lipinski definition) is 2. The molecule has 2 aliphatic rings. The average molecular weight is 239 g/mol. The van der Waals surface area contributed by atoms with Gasteiger partial charge in [0.25, 0.3) is 0 Å². The summed E-state index contributed by atoms with van der Waals surface area (Å²) in [5.41, 5.74) is -0.123. The molecule has 0 bridgehead atoms. The molecule has 1 amide bonds. The van der Waals surface area contributed by atoms with Crippen LogP contribution >= 0.6 is 0 Å². The fourth-order valence-corrected chi connectivity index (χ4v) is 3.01. The molecule has 1 heterocycles. The van der Waals surface area contributed by atoms with Crippen LogP contribution in [0, 0.1) is 5.92 Å². The number of morpholine rings is 1. The molecule has 0 N–H and O–H groups in total. The van der Waals surface area contributed by atoms with E-state index >= 15 is 0 Å². The number of amides is 1. The minimum absolute atomic E-state index is 0.123. The summed E-state index contributed by atoms with van der Waals surface area (Å²) in [6, 6.07) is 0. The maximum absolute atomic E-state index is 12.6. The van der Waals surface area contributed by atoms with Crippen molar-refractivity contribution in [1.82, 2.24) is 4.90 Å². The Morgan fingerprint density at radius 1 is 1.18 bits per heavy atom. The Kier molecular flexibility index (Phi) is 4.08. The summed E-state index contributed by atoms with van der Waals surface area (Å²) in [5.74, 6) is 0.648. The van der Waals surface area contributed by atoms with E-state index in [0.29, 0.717) is 19.1 Å². The number of ether oxygens (including phenoxy) is 1. The van der Waals surface area contributed by atoms with Crippen LogP contribution in [0.4, 0.5) is 0 Å². The van der Waals surface area contributed by atoms with Gasteiger partial charge in [-0.3, -0.25) is 4.79 Å². The lowest BCUT2D eigenvalue weighted by molar-refractivity contribution is -0.151. The highest BCUT2D eigenvalue weighted by atomic mass is 16.5. The summed E-state index contributed by atoms with van der Waals surface area (Å²) >= 11 is 0. The quantitative estimate of drug-likeness (QED) is 0.658. The summed E-state index contributed by atoms with van der Waals surface area (Å²) in [6.45, 7) is 6.36. The second-order valence-electron chi connectivity index (χ2n) is 6.04. The molecule has 0 aromatic heterocycles. The fourth-order valence-electron chi connectivity index (χ4n) is 3.01. The number of nitrogens with zero attached hydrogens (tertiary/aromatic N) is 1. The van der Waals surface area contributed by atoms with Crippen LogP contribution in [0.15, 0.2) is 0 Å². The first kappa shape index (κ1) is 12.9. The fraction of sp³-hybridized carbons (Fsp3) is 0.929. The van der Waals surface area contributed by atoms with Crippen LogP contribution in [0.25, 0.3) is 0 Å². The van der Waals surface area contributed by atoms with Gasteiger partial charge in [-0.25, -0.2) is 0 Å². The monoisotopic (exact) mass is 239 g/mol. The van der Waals surface area contributed by atoms with Gasteiger partial charge in [0.2, 0.25) is 5.91 Å². The average Bonchev–Trinajstić information content (AvgIpc) is 2.56. The zero-order chi connectivity index (χ0) is 12.3. The topological polar surface area (TPSA) is 29.5 Å². The molecule has 2 fully saturated rings. The van der Waals surface area contributed by atoms with Crippen molar-refractivity contribution >= 4 is 5.91 Å². The summed E-state index contributed by atoms with van der Waals surface area (Å²) in [4.78, 5) is 14.7. The van der Waals surface area contributed by atoms with E-state index in [-0.39, 0.29) is 11.5 Å². The van der Waals surface area contributed by atoms with Crippen molar-refractivity contribution in [2.24, 2.45) is 5.92 Å². The van der Waals surface area contributed by atoms with Crippen LogP contribution in [0.1, 0.15) is 52.4 Å². The third-order valence-electron chi connectivity index (χ3n) is 4.12. The van der Waals surface area contributed by atoms with Gasteiger partial charge in [0.05, 0.1) is 18.8 Å². The van der Waals surface area contributed by atoms with Crippen LogP contribution in [0.5, 0.6) is 0 Å². The van der Waals surface area contributed by atoms with E-state index < -0.39 is 0 Å². The zero-order valence-electron chi connectivity index (χ0n) is 11.2. The van der Waals surface area contributed by atoms with E-state index in [1.807, 2.05) is 0 Å². The Morgan fingerprint density at radius 2 is 1.82 bits per heavy atom. The van der Waals surface area contributed by atoms with Crippen molar-refractivity contribution in [1.29, 1.82) is 0 Å². The maximum atomic E-state index is 12.6. The predicted octanol–water partition coefficient (Wildman–Crippen LogP) is 2.59. The van der Waals surface area contributed by atoms with Gasteiger partial charge in [-0.15, -0.1) is 0 Å². The molecule has 0 aromatic rings. The van der Waals surface area contributed by atoms with Crippen molar-refractivity contribution in [3.63, 3.8) is 0 Å². The molecule has 1 aliphatic carbocycles. The summed E-state index contributed by atoms with van der Waals surface area (Å²) in [6.07, 6.45) is 7.23. The zero-order valence-corrected chi connectivity index (χ0v) is 11.2. The Balaban J connectivity index is 2.01. The van der Waals surface area contributed by atoms with E-state index in [1.165, 1.54) is 25.7 Å². The molecule has 0 spiro atoms. The molecule has 3 nitrogen and oxygen atoms in total. The third-order valence-corrected chi connectivity index (χ3v) is 4.12. The van der Waals surface area contributed by atoms with E-state index in [0.717, 1.165) is 19.4 Å². The Hall–Kier alpha value is -0.570. The van der Waals surface area contributed by atoms with Gasteiger partial charge in [-0.2, -0.15) is 0 Å². The molecule has 3 heteroatoms. The lowest BCUT2D eigenvalue weighted by atomic mass is 9.94. The Morgan fingerprint density at radius 3 is 2.41 bits per heavy atom. The minimum Gasteiger partial charge on any atom is -0.377 e. The largest absolute Gasteiger partial charge is 0.377 e. The van der Waals surface area contributed by atoms with Gasteiger partial charge < -0.3 is 9.64 Å². The van der Waals surface area contributed by atoms with Gasteiger partial charge in [-0.1, -0.05) is 25.7 Å². The second kappa shape index (κ2) is 5.38. The van der Waals surface area contributed by atoms with E-state index in [4.69, 9.17) is 4.74 Å². The SMILES string of the molecule is CC1(C)COCCN1C(=O)C1CCCCCC1. The predicted molar refractivity (Wildman–Crippen MR) is 67.8 cm³/mol. The lowest BCUT2D eigenvalue weighted by Crippen LogP contribution is -2.57.